The molecule has 1 unspecified atom stereocenters. The molecule has 21 heavy (non-hydrogen) atoms. The minimum absolute atomic E-state index is 0.0648. The second-order valence-corrected chi connectivity index (χ2v) is 5.94. The monoisotopic (exact) mass is 292 g/mol. The van der Waals surface area contributed by atoms with Gasteiger partial charge in [0.15, 0.2) is 0 Å². The van der Waals surface area contributed by atoms with E-state index in [9.17, 15) is 9.18 Å². The van der Waals surface area contributed by atoms with Gasteiger partial charge in [-0.2, -0.15) is 0 Å². The van der Waals surface area contributed by atoms with Crippen LogP contribution in [0.4, 0.5) is 4.39 Å². The van der Waals surface area contributed by atoms with E-state index in [4.69, 9.17) is 4.74 Å². The lowest BCUT2D eigenvalue weighted by Gasteiger charge is -2.50. The summed E-state index contributed by atoms with van der Waals surface area (Å²) in [6.07, 6.45) is 2.13. The van der Waals surface area contributed by atoms with Crippen LogP contribution in [0.25, 0.3) is 0 Å². The zero-order chi connectivity index (χ0) is 14.9. The summed E-state index contributed by atoms with van der Waals surface area (Å²) in [4.78, 5) is 16.7. The van der Waals surface area contributed by atoms with Gasteiger partial charge in [-0.15, -0.1) is 0 Å². The second-order valence-electron chi connectivity index (χ2n) is 5.94. The first-order valence-electron chi connectivity index (χ1n) is 7.43. The van der Waals surface area contributed by atoms with Crippen LogP contribution in [-0.2, 0) is 4.74 Å². The van der Waals surface area contributed by atoms with E-state index in [2.05, 4.69) is 4.90 Å². The number of carbonyl (C=O) groups is 1. The lowest BCUT2D eigenvalue weighted by Crippen LogP contribution is -2.62. The summed E-state index contributed by atoms with van der Waals surface area (Å²) in [5.74, 6) is -0.426. The van der Waals surface area contributed by atoms with Crippen molar-refractivity contribution in [3.63, 3.8) is 0 Å². The van der Waals surface area contributed by atoms with Gasteiger partial charge in [0.1, 0.15) is 5.82 Å². The molecular formula is C16H21FN2O2. The molecule has 3 rings (SSSR count). The average Bonchev–Trinajstić information content (AvgIpc) is 2.93. The molecule has 1 aromatic carbocycles. The van der Waals surface area contributed by atoms with Crippen LogP contribution in [-0.4, -0.2) is 61.1 Å². The summed E-state index contributed by atoms with van der Waals surface area (Å²) in [5, 5.41) is 0. The van der Waals surface area contributed by atoms with Gasteiger partial charge in [-0.25, -0.2) is 4.39 Å². The molecule has 1 amide bonds. The normalized spacial score (nSPS) is 25.3. The van der Waals surface area contributed by atoms with Crippen LogP contribution in [0.3, 0.4) is 0 Å². The molecule has 1 aromatic rings. The number of carbonyl (C=O) groups excluding carboxylic acids is 1. The lowest BCUT2D eigenvalue weighted by atomic mass is 9.84. The fourth-order valence-corrected chi connectivity index (χ4v) is 3.43. The quantitative estimate of drug-likeness (QED) is 0.848. The summed E-state index contributed by atoms with van der Waals surface area (Å²) < 4.78 is 18.4. The van der Waals surface area contributed by atoms with Gasteiger partial charge in [0.25, 0.3) is 5.91 Å². The predicted octanol–water partition coefficient (Wildman–Crippen LogP) is 1.76. The Kier molecular flexibility index (Phi) is 3.95. The Hall–Kier alpha value is -1.46. The Labute approximate surface area is 124 Å². The van der Waals surface area contributed by atoms with Crippen LogP contribution in [0.1, 0.15) is 23.2 Å². The number of hydrogen-bond donors (Lipinski definition) is 0. The summed E-state index contributed by atoms with van der Waals surface area (Å²) in [6, 6.07) is 5.94. The maximum Gasteiger partial charge on any atom is 0.254 e. The molecule has 0 radical (unpaired) electrons. The number of amides is 1. The maximum absolute atomic E-state index is 13.3. The molecule has 0 N–H and O–H groups in total. The van der Waals surface area contributed by atoms with Crippen molar-refractivity contribution in [3.8, 4) is 0 Å². The zero-order valence-corrected chi connectivity index (χ0v) is 12.3. The summed E-state index contributed by atoms with van der Waals surface area (Å²) in [6.45, 7) is 4.20. The van der Waals surface area contributed by atoms with Gasteiger partial charge in [-0.3, -0.25) is 9.69 Å². The summed E-state index contributed by atoms with van der Waals surface area (Å²) in [7, 11) is 1.71. The minimum Gasteiger partial charge on any atom is -0.383 e. The van der Waals surface area contributed by atoms with E-state index >= 15 is 0 Å². The SMILES string of the molecule is COCCN1CCC12CCN(C(=O)c1cccc(F)c1)C2. The molecule has 0 bridgehead atoms. The Morgan fingerprint density at radius 2 is 2.19 bits per heavy atom. The second kappa shape index (κ2) is 5.73. The highest BCUT2D eigenvalue weighted by Crippen LogP contribution is 2.39. The molecular weight excluding hydrogens is 271 g/mol. The van der Waals surface area contributed by atoms with Crippen LogP contribution < -0.4 is 0 Å². The first-order valence-corrected chi connectivity index (χ1v) is 7.43. The molecule has 2 heterocycles. The van der Waals surface area contributed by atoms with Crippen molar-refractivity contribution >= 4 is 5.91 Å². The number of rotatable bonds is 4. The summed E-state index contributed by atoms with van der Waals surface area (Å²) >= 11 is 0. The van der Waals surface area contributed by atoms with Crippen LogP contribution >= 0.6 is 0 Å². The van der Waals surface area contributed by atoms with E-state index in [0.29, 0.717) is 5.56 Å². The highest BCUT2D eigenvalue weighted by Gasteiger charge is 2.49. The Morgan fingerprint density at radius 3 is 2.86 bits per heavy atom. The van der Waals surface area contributed by atoms with Crippen LogP contribution in [0.5, 0.6) is 0 Å². The van der Waals surface area contributed by atoms with E-state index in [1.807, 2.05) is 4.90 Å². The highest BCUT2D eigenvalue weighted by molar-refractivity contribution is 5.94. The van der Waals surface area contributed by atoms with E-state index in [-0.39, 0.29) is 17.3 Å². The van der Waals surface area contributed by atoms with Gasteiger partial charge in [-0.1, -0.05) is 6.07 Å². The molecule has 4 nitrogen and oxygen atoms in total. The van der Waals surface area contributed by atoms with Crippen molar-refractivity contribution in [3.05, 3.63) is 35.6 Å². The number of halogens is 1. The Morgan fingerprint density at radius 1 is 1.38 bits per heavy atom. The van der Waals surface area contributed by atoms with Gasteiger partial charge in [0, 0.05) is 44.4 Å². The van der Waals surface area contributed by atoms with E-state index in [0.717, 1.165) is 45.6 Å². The number of methoxy groups -OCH3 is 1. The van der Waals surface area contributed by atoms with Crippen LogP contribution in [0, 0.1) is 5.82 Å². The molecule has 114 valence electrons. The molecule has 1 atom stereocenters. The molecule has 2 aliphatic heterocycles. The maximum atomic E-state index is 13.3. The van der Waals surface area contributed by atoms with Crippen molar-refractivity contribution in [1.29, 1.82) is 0 Å². The largest absolute Gasteiger partial charge is 0.383 e. The molecule has 2 fully saturated rings. The number of hydrogen-bond acceptors (Lipinski definition) is 3. The van der Waals surface area contributed by atoms with Crippen LogP contribution in [0.15, 0.2) is 24.3 Å². The summed E-state index contributed by atoms with van der Waals surface area (Å²) in [5.41, 5.74) is 0.566. The van der Waals surface area contributed by atoms with Crippen molar-refractivity contribution in [1.82, 2.24) is 9.80 Å². The highest BCUT2D eigenvalue weighted by atomic mass is 19.1. The average molecular weight is 292 g/mol. The third-order valence-electron chi connectivity index (χ3n) is 4.77. The first kappa shape index (κ1) is 14.5. The van der Waals surface area contributed by atoms with E-state index < -0.39 is 0 Å². The van der Waals surface area contributed by atoms with Gasteiger partial charge < -0.3 is 9.64 Å². The molecule has 2 saturated heterocycles. The van der Waals surface area contributed by atoms with Gasteiger partial charge in [0.05, 0.1) is 6.61 Å². The zero-order valence-electron chi connectivity index (χ0n) is 12.3. The molecule has 0 aromatic heterocycles. The van der Waals surface area contributed by atoms with Crippen molar-refractivity contribution in [2.24, 2.45) is 0 Å². The van der Waals surface area contributed by atoms with E-state index in [1.54, 1.807) is 19.2 Å². The smallest absolute Gasteiger partial charge is 0.254 e. The molecule has 5 heteroatoms. The molecule has 0 saturated carbocycles. The van der Waals surface area contributed by atoms with Gasteiger partial charge in [0.2, 0.25) is 0 Å². The number of benzene rings is 1. The van der Waals surface area contributed by atoms with Crippen LogP contribution in [0.2, 0.25) is 0 Å². The third-order valence-corrected chi connectivity index (χ3v) is 4.77. The van der Waals surface area contributed by atoms with Crippen molar-refractivity contribution in [2.45, 2.75) is 18.4 Å². The first-order chi connectivity index (χ1) is 10.1. The molecule has 1 spiro atoms. The van der Waals surface area contributed by atoms with Crippen molar-refractivity contribution < 1.29 is 13.9 Å². The Bertz CT molecular complexity index is 537. The third kappa shape index (κ3) is 2.68. The fraction of sp³-hybridized carbons (Fsp3) is 0.562. The topological polar surface area (TPSA) is 32.8 Å². The van der Waals surface area contributed by atoms with Gasteiger partial charge >= 0.3 is 0 Å². The molecule has 0 aliphatic carbocycles. The number of likely N-dealkylation sites (tertiary alicyclic amines) is 2. The number of nitrogens with zero attached hydrogens (tertiary/aromatic N) is 2. The fourth-order valence-electron chi connectivity index (χ4n) is 3.43. The number of ether oxygens (including phenoxy) is 1. The standard InChI is InChI=1S/C16H21FN2O2/c1-21-10-9-19-8-6-16(19)5-7-18(12-16)15(20)13-3-2-4-14(17)11-13/h2-4,11H,5-10,12H2,1H3. The Balaban J connectivity index is 1.66. The minimum atomic E-state index is -0.361. The molecule has 2 aliphatic rings. The van der Waals surface area contributed by atoms with E-state index in [1.165, 1.54) is 12.1 Å². The van der Waals surface area contributed by atoms with Gasteiger partial charge in [-0.05, 0) is 31.0 Å². The van der Waals surface area contributed by atoms with Crippen molar-refractivity contribution in [2.75, 3.05) is 39.9 Å². The lowest BCUT2D eigenvalue weighted by molar-refractivity contribution is -0.0213. The predicted molar refractivity (Wildman–Crippen MR) is 77.7 cm³/mol.